The van der Waals surface area contributed by atoms with E-state index in [0.717, 1.165) is 36.6 Å². The third-order valence-electron chi connectivity index (χ3n) is 6.72. The number of aromatic nitrogens is 1. The van der Waals surface area contributed by atoms with E-state index in [4.69, 9.17) is 4.74 Å². The summed E-state index contributed by atoms with van der Waals surface area (Å²) >= 11 is 0. The number of hydrogen-bond donors (Lipinski definition) is 1. The van der Waals surface area contributed by atoms with E-state index in [1.54, 1.807) is 12.3 Å². The van der Waals surface area contributed by atoms with Gasteiger partial charge in [-0.2, -0.15) is 13.2 Å². The highest BCUT2D eigenvalue weighted by atomic mass is 19.4. The normalized spacial score (nSPS) is 19.1. The van der Waals surface area contributed by atoms with Crippen molar-refractivity contribution in [3.05, 3.63) is 59.3 Å². The van der Waals surface area contributed by atoms with Crippen LogP contribution in [0.2, 0.25) is 0 Å². The Kier molecular flexibility index (Phi) is 7.22. The van der Waals surface area contributed by atoms with E-state index >= 15 is 0 Å². The van der Waals surface area contributed by atoms with Gasteiger partial charge in [0.2, 0.25) is 5.91 Å². The molecule has 2 fully saturated rings. The van der Waals surface area contributed by atoms with Gasteiger partial charge in [-0.15, -0.1) is 0 Å². The maximum Gasteiger partial charge on any atom is 0.416 e. The zero-order chi connectivity index (χ0) is 23.3. The molecule has 33 heavy (non-hydrogen) atoms. The fourth-order valence-corrected chi connectivity index (χ4v) is 4.72. The van der Waals surface area contributed by atoms with Gasteiger partial charge in [0.15, 0.2) is 0 Å². The van der Waals surface area contributed by atoms with Crippen molar-refractivity contribution < 1.29 is 22.7 Å². The van der Waals surface area contributed by atoms with Crippen LogP contribution in [-0.4, -0.2) is 37.2 Å². The van der Waals surface area contributed by atoms with E-state index in [-0.39, 0.29) is 12.5 Å². The quantitative estimate of drug-likeness (QED) is 0.692. The van der Waals surface area contributed by atoms with Gasteiger partial charge >= 0.3 is 6.18 Å². The number of hydrogen-bond acceptors (Lipinski definition) is 4. The van der Waals surface area contributed by atoms with Crippen LogP contribution in [0.1, 0.15) is 55.2 Å². The Labute approximate surface area is 192 Å². The highest BCUT2D eigenvalue weighted by molar-refractivity contribution is 5.88. The van der Waals surface area contributed by atoms with Crippen LogP contribution in [0.3, 0.4) is 0 Å². The predicted molar refractivity (Wildman–Crippen MR) is 120 cm³/mol. The molecule has 0 saturated carbocycles. The molecule has 5 nitrogen and oxygen atoms in total. The van der Waals surface area contributed by atoms with Gasteiger partial charge in [-0.25, -0.2) is 4.98 Å². The molecule has 0 radical (unpaired) electrons. The Morgan fingerprint density at radius 2 is 1.79 bits per heavy atom. The molecule has 0 unspecified atom stereocenters. The van der Waals surface area contributed by atoms with Crippen molar-refractivity contribution in [2.45, 2.75) is 56.7 Å². The van der Waals surface area contributed by atoms with Crippen molar-refractivity contribution in [2.24, 2.45) is 0 Å². The fourth-order valence-electron chi connectivity index (χ4n) is 4.72. The summed E-state index contributed by atoms with van der Waals surface area (Å²) < 4.78 is 45.3. The molecule has 0 atom stereocenters. The molecule has 1 amide bonds. The second-order valence-corrected chi connectivity index (χ2v) is 8.88. The first kappa shape index (κ1) is 23.5. The van der Waals surface area contributed by atoms with Crippen molar-refractivity contribution in [3.63, 3.8) is 0 Å². The Balaban J connectivity index is 1.47. The number of ether oxygens (including phenoxy) is 1. The summed E-state index contributed by atoms with van der Waals surface area (Å²) in [7, 11) is 0. The lowest BCUT2D eigenvalue weighted by Gasteiger charge is -2.36. The number of pyridine rings is 1. The van der Waals surface area contributed by atoms with E-state index in [1.807, 2.05) is 12.1 Å². The standard InChI is InChI=1S/C25H30F3N3O2/c26-25(27,28)21-7-5-6-20(16-21)24(10-14-33-15-11-24)23(32)30-18-19-8-9-22(29-17-19)31-12-3-1-2-4-13-31/h5-9,16-17H,1-4,10-15,18H2,(H,30,32). The fraction of sp³-hybridized carbons (Fsp3) is 0.520. The molecule has 2 aliphatic rings. The number of anilines is 1. The van der Waals surface area contributed by atoms with Gasteiger partial charge in [0.1, 0.15) is 5.82 Å². The van der Waals surface area contributed by atoms with Gasteiger partial charge in [-0.1, -0.05) is 37.1 Å². The first-order valence-electron chi connectivity index (χ1n) is 11.6. The van der Waals surface area contributed by atoms with Crippen LogP contribution in [-0.2, 0) is 27.7 Å². The summed E-state index contributed by atoms with van der Waals surface area (Å²) in [6, 6.07) is 9.04. The molecule has 2 aromatic rings. The minimum absolute atomic E-state index is 0.272. The molecule has 3 heterocycles. The Bertz CT molecular complexity index is 933. The topological polar surface area (TPSA) is 54.5 Å². The van der Waals surface area contributed by atoms with Crippen molar-refractivity contribution in [2.75, 3.05) is 31.2 Å². The molecule has 1 aromatic heterocycles. The molecule has 178 valence electrons. The molecule has 0 aliphatic carbocycles. The summed E-state index contributed by atoms with van der Waals surface area (Å²) in [5.41, 5.74) is -0.549. The summed E-state index contributed by atoms with van der Waals surface area (Å²) in [6.45, 7) is 2.94. The number of benzene rings is 1. The zero-order valence-corrected chi connectivity index (χ0v) is 18.7. The molecule has 2 aliphatic heterocycles. The van der Waals surface area contributed by atoms with E-state index in [0.29, 0.717) is 31.6 Å². The van der Waals surface area contributed by atoms with Crippen LogP contribution < -0.4 is 10.2 Å². The smallest absolute Gasteiger partial charge is 0.381 e. The lowest BCUT2D eigenvalue weighted by Crippen LogP contribution is -2.48. The average molecular weight is 462 g/mol. The van der Waals surface area contributed by atoms with Crippen LogP contribution >= 0.6 is 0 Å². The molecule has 0 spiro atoms. The third-order valence-corrected chi connectivity index (χ3v) is 6.72. The minimum atomic E-state index is -4.46. The Morgan fingerprint density at radius 1 is 1.06 bits per heavy atom. The van der Waals surface area contributed by atoms with Gasteiger partial charge in [-0.05, 0) is 48.9 Å². The second kappa shape index (κ2) is 10.1. The van der Waals surface area contributed by atoms with Crippen LogP contribution in [0.5, 0.6) is 0 Å². The molecule has 0 bridgehead atoms. The SMILES string of the molecule is O=C(NCc1ccc(N2CCCCCC2)nc1)C1(c2cccc(C(F)(F)F)c2)CCOCC1. The number of amides is 1. The van der Waals surface area contributed by atoms with Gasteiger partial charge in [0.25, 0.3) is 0 Å². The lowest BCUT2D eigenvalue weighted by molar-refractivity contribution is -0.138. The van der Waals surface area contributed by atoms with Gasteiger partial charge < -0.3 is 15.0 Å². The molecule has 8 heteroatoms. The highest BCUT2D eigenvalue weighted by Gasteiger charge is 2.43. The third kappa shape index (κ3) is 5.49. The molecule has 1 N–H and O–H groups in total. The predicted octanol–water partition coefficient (Wildman–Crippen LogP) is 4.85. The van der Waals surface area contributed by atoms with Crippen LogP contribution in [0, 0.1) is 0 Å². The number of carbonyl (C=O) groups excluding carboxylic acids is 1. The van der Waals surface area contributed by atoms with Crippen LogP contribution in [0.15, 0.2) is 42.6 Å². The number of halogens is 3. The number of nitrogens with one attached hydrogen (secondary N) is 1. The Morgan fingerprint density at radius 3 is 2.42 bits per heavy atom. The van der Waals surface area contributed by atoms with Crippen molar-refractivity contribution >= 4 is 11.7 Å². The first-order valence-corrected chi connectivity index (χ1v) is 11.6. The van der Waals surface area contributed by atoms with Crippen LogP contribution in [0.25, 0.3) is 0 Å². The first-order chi connectivity index (χ1) is 15.9. The van der Waals surface area contributed by atoms with Crippen molar-refractivity contribution in [3.8, 4) is 0 Å². The van der Waals surface area contributed by atoms with Gasteiger partial charge in [0.05, 0.1) is 11.0 Å². The van der Waals surface area contributed by atoms with Gasteiger partial charge in [-0.3, -0.25) is 4.79 Å². The molecular weight excluding hydrogens is 431 g/mol. The summed E-state index contributed by atoms with van der Waals surface area (Å²) in [6.07, 6.45) is 2.82. The average Bonchev–Trinajstić information content (AvgIpc) is 3.12. The van der Waals surface area contributed by atoms with E-state index in [9.17, 15) is 18.0 Å². The Hall–Kier alpha value is -2.61. The molecule has 4 rings (SSSR count). The van der Waals surface area contributed by atoms with E-state index in [2.05, 4.69) is 15.2 Å². The van der Waals surface area contributed by atoms with Gasteiger partial charge in [0, 0.05) is 39.0 Å². The number of carbonyl (C=O) groups is 1. The van der Waals surface area contributed by atoms with Crippen molar-refractivity contribution in [1.29, 1.82) is 0 Å². The number of rotatable bonds is 5. The molecule has 1 aromatic carbocycles. The number of alkyl halides is 3. The van der Waals surface area contributed by atoms with Crippen LogP contribution in [0.4, 0.5) is 19.0 Å². The molecule has 2 saturated heterocycles. The van der Waals surface area contributed by atoms with E-state index in [1.165, 1.54) is 31.7 Å². The maximum absolute atomic E-state index is 13.3. The molecular formula is C25H30F3N3O2. The zero-order valence-electron chi connectivity index (χ0n) is 18.7. The monoisotopic (exact) mass is 461 g/mol. The lowest BCUT2D eigenvalue weighted by atomic mass is 9.73. The summed E-state index contributed by atoms with van der Waals surface area (Å²) in [5.74, 6) is 0.665. The second-order valence-electron chi connectivity index (χ2n) is 8.88. The largest absolute Gasteiger partial charge is 0.416 e. The number of nitrogens with zero attached hydrogens (tertiary/aromatic N) is 2. The maximum atomic E-state index is 13.3. The highest BCUT2D eigenvalue weighted by Crippen LogP contribution is 2.38. The minimum Gasteiger partial charge on any atom is -0.381 e. The summed E-state index contributed by atoms with van der Waals surface area (Å²) in [5, 5.41) is 2.95. The van der Waals surface area contributed by atoms with Crippen molar-refractivity contribution in [1.82, 2.24) is 10.3 Å². The van der Waals surface area contributed by atoms with E-state index < -0.39 is 17.2 Å². The summed E-state index contributed by atoms with van der Waals surface area (Å²) in [4.78, 5) is 20.2.